The third-order valence-electron chi connectivity index (χ3n) is 3.25. The number of hydrogen-bond donors (Lipinski definition) is 1. The molecule has 1 N–H and O–H groups in total. The monoisotopic (exact) mass is 346 g/mol. The molecule has 2 aromatic carbocycles. The first-order chi connectivity index (χ1) is 9.72. The number of para-hydroxylation sites is 1. The standard InChI is InChI=1S/C16H15BrN2S/c1-11(12-5-4-6-13(17)9-12)18-10-16-19-14-7-2-3-8-15(14)20-16/h2-9,11,18H,10H2,1H3/t11-/m1/s1. The first kappa shape index (κ1) is 13.7. The Labute approximate surface area is 131 Å². The highest BCUT2D eigenvalue weighted by Gasteiger charge is 2.07. The van der Waals surface area contributed by atoms with E-state index in [0.717, 1.165) is 21.5 Å². The summed E-state index contributed by atoms with van der Waals surface area (Å²) in [6.07, 6.45) is 0. The molecule has 2 nitrogen and oxygen atoms in total. The Kier molecular flexibility index (Phi) is 4.15. The van der Waals surface area contributed by atoms with Gasteiger partial charge in [-0.2, -0.15) is 0 Å². The van der Waals surface area contributed by atoms with E-state index in [1.165, 1.54) is 10.3 Å². The minimum absolute atomic E-state index is 0.305. The van der Waals surface area contributed by atoms with Gasteiger partial charge in [0.2, 0.25) is 0 Å². The molecule has 0 radical (unpaired) electrons. The molecule has 102 valence electrons. The van der Waals surface area contributed by atoms with Crippen molar-refractivity contribution in [1.82, 2.24) is 10.3 Å². The van der Waals surface area contributed by atoms with Gasteiger partial charge in [-0.3, -0.25) is 0 Å². The van der Waals surface area contributed by atoms with Crippen molar-refractivity contribution in [2.75, 3.05) is 0 Å². The Morgan fingerprint density at radius 2 is 2.05 bits per heavy atom. The topological polar surface area (TPSA) is 24.9 Å². The molecule has 0 aliphatic rings. The number of nitrogens with zero attached hydrogens (tertiary/aromatic N) is 1. The summed E-state index contributed by atoms with van der Waals surface area (Å²) in [6.45, 7) is 2.97. The molecule has 0 bridgehead atoms. The second-order valence-corrected chi connectivity index (χ2v) is 6.76. The molecule has 3 aromatic rings. The minimum atomic E-state index is 0.305. The molecular weight excluding hydrogens is 332 g/mol. The lowest BCUT2D eigenvalue weighted by Crippen LogP contribution is -2.17. The molecule has 1 atom stereocenters. The van der Waals surface area contributed by atoms with E-state index >= 15 is 0 Å². The zero-order chi connectivity index (χ0) is 13.9. The maximum absolute atomic E-state index is 4.64. The van der Waals surface area contributed by atoms with Crippen LogP contribution in [0.2, 0.25) is 0 Å². The number of halogens is 1. The smallest absolute Gasteiger partial charge is 0.108 e. The second-order valence-electron chi connectivity index (χ2n) is 4.73. The summed E-state index contributed by atoms with van der Waals surface area (Å²) in [5.74, 6) is 0. The van der Waals surface area contributed by atoms with E-state index in [0.29, 0.717) is 6.04 Å². The van der Waals surface area contributed by atoms with Gasteiger partial charge in [0.05, 0.1) is 10.2 Å². The van der Waals surface area contributed by atoms with Crippen molar-refractivity contribution in [2.45, 2.75) is 19.5 Å². The summed E-state index contributed by atoms with van der Waals surface area (Å²) in [5, 5.41) is 4.66. The van der Waals surface area contributed by atoms with Crippen LogP contribution in [-0.2, 0) is 6.54 Å². The number of benzene rings is 2. The van der Waals surface area contributed by atoms with Crippen LogP contribution >= 0.6 is 27.3 Å². The number of fused-ring (bicyclic) bond motifs is 1. The predicted molar refractivity (Wildman–Crippen MR) is 89.0 cm³/mol. The maximum Gasteiger partial charge on any atom is 0.108 e. The van der Waals surface area contributed by atoms with Gasteiger partial charge in [0.15, 0.2) is 0 Å². The third-order valence-corrected chi connectivity index (χ3v) is 4.78. The van der Waals surface area contributed by atoms with E-state index in [4.69, 9.17) is 0 Å². The number of nitrogens with one attached hydrogen (secondary N) is 1. The van der Waals surface area contributed by atoms with Crippen molar-refractivity contribution >= 4 is 37.5 Å². The van der Waals surface area contributed by atoms with Gasteiger partial charge in [0, 0.05) is 17.1 Å². The molecule has 1 heterocycles. The second kappa shape index (κ2) is 6.04. The lowest BCUT2D eigenvalue weighted by atomic mass is 10.1. The fraction of sp³-hybridized carbons (Fsp3) is 0.188. The first-order valence-corrected chi connectivity index (χ1v) is 8.16. The predicted octanol–water partition coefficient (Wildman–Crippen LogP) is 4.91. The summed E-state index contributed by atoms with van der Waals surface area (Å²) in [5.41, 5.74) is 2.37. The Balaban J connectivity index is 1.69. The van der Waals surface area contributed by atoms with E-state index < -0.39 is 0 Å². The molecule has 0 unspecified atom stereocenters. The highest BCUT2D eigenvalue weighted by Crippen LogP contribution is 2.23. The molecule has 0 aliphatic carbocycles. The van der Waals surface area contributed by atoms with E-state index in [9.17, 15) is 0 Å². The van der Waals surface area contributed by atoms with Crippen molar-refractivity contribution in [1.29, 1.82) is 0 Å². The molecule has 1 aromatic heterocycles. The van der Waals surface area contributed by atoms with Crippen LogP contribution in [0.15, 0.2) is 53.0 Å². The molecule has 0 saturated heterocycles. The molecule has 0 aliphatic heterocycles. The van der Waals surface area contributed by atoms with Crippen LogP contribution in [0, 0.1) is 0 Å². The summed E-state index contributed by atoms with van der Waals surface area (Å²) in [7, 11) is 0. The third kappa shape index (κ3) is 3.08. The Bertz CT molecular complexity index is 690. The highest BCUT2D eigenvalue weighted by atomic mass is 79.9. The molecule has 0 saturated carbocycles. The fourth-order valence-electron chi connectivity index (χ4n) is 2.13. The van der Waals surface area contributed by atoms with Crippen LogP contribution in [0.3, 0.4) is 0 Å². The van der Waals surface area contributed by atoms with Crippen LogP contribution in [0.1, 0.15) is 23.5 Å². The SMILES string of the molecule is C[C@@H](NCc1nc2ccccc2s1)c1cccc(Br)c1. The zero-order valence-electron chi connectivity index (χ0n) is 11.1. The van der Waals surface area contributed by atoms with Crippen LogP contribution < -0.4 is 5.32 Å². The quantitative estimate of drug-likeness (QED) is 0.725. The molecule has 0 amide bonds. The van der Waals surface area contributed by atoms with E-state index in [2.05, 4.69) is 69.6 Å². The summed E-state index contributed by atoms with van der Waals surface area (Å²) >= 11 is 5.27. The molecular formula is C16H15BrN2S. The van der Waals surface area contributed by atoms with Crippen LogP contribution in [0.4, 0.5) is 0 Å². The van der Waals surface area contributed by atoms with Crippen molar-refractivity contribution < 1.29 is 0 Å². The average Bonchev–Trinajstić information content (AvgIpc) is 2.87. The van der Waals surface area contributed by atoms with Gasteiger partial charge in [0.25, 0.3) is 0 Å². The maximum atomic E-state index is 4.64. The van der Waals surface area contributed by atoms with E-state index in [1.807, 2.05) is 12.1 Å². The fourth-order valence-corrected chi connectivity index (χ4v) is 3.46. The van der Waals surface area contributed by atoms with Gasteiger partial charge in [-0.1, -0.05) is 40.2 Å². The first-order valence-electron chi connectivity index (χ1n) is 6.55. The van der Waals surface area contributed by atoms with Gasteiger partial charge < -0.3 is 5.32 Å². The lowest BCUT2D eigenvalue weighted by Gasteiger charge is -2.13. The van der Waals surface area contributed by atoms with Crippen LogP contribution in [0.25, 0.3) is 10.2 Å². The van der Waals surface area contributed by atoms with Crippen LogP contribution in [-0.4, -0.2) is 4.98 Å². The Morgan fingerprint density at radius 3 is 2.85 bits per heavy atom. The van der Waals surface area contributed by atoms with Gasteiger partial charge in [-0.05, 0) is 36.8 Å². The summed E-state index contributed by atoms with van der Waals surface area (Å²) in [4.78, 5) is 4.64. The number of thiazole rings is 1. The largest absolute Gasteiger partial charge is 0.304 e. The molecule has 20 heavy (non-hydrogen) atoms. The van der Waals surface area contributed by atoms with Crippen molar-refractivity contribution in [3.8, 4) is 0 Å². The van der Waals surface area contributed by atoms with Gasteiger partial charge in [0.1, 0.15) is 5.01 Å². The van der Waals surface area contributed by atoms with Crippen LogP contribution in [0.5, 0.6) is 0 Å². The minimum Gasteiger partial charge on any atom is -0.304 e. The zero-order valence-corrected chi connectivity index (χ0v) is 13.5. The van der Waals surface area contributed by atoms with Crippen molar-refractivity contribution in [3.05, 3.63) is 63.6 Å². The summed E-state index contributed by atoms with van der Waals surface area (Å²) < 4.78 is 2.36. The molecule has 3 rings (SSSR count). The average molecular weight is 347 g/mol. The highest BCUT2D eigenvalue weighted by molar-refractivity contribution is 9.10. The normalized spacial score (nSPS) is 12.7. The van der Waals surface area contributed by atoms with Gasteiger partial charge >= 0.3 is 0 Å². The van der Waals surface area contributed by atoms with Crippen molar-refractivity contribution in [2.24, 2.45) is 0 Å². The van der Waals surface area contributed by atoms with Gasteiger partial charge in [-0.25, -0.2) is 4.98 Å². The molecule has 0 spiro atoms. The molecule has 0 fully saturated rings. The number of aromatic nitrogens is 1. The van der Waals surface area contributed by atoms with E-state index in [-0.39, 0.29) is 0 Å². The van der Waals surface area contributed by atoms with Crippen molar-refractivity contribution in [3.63, 3.8) is 0 Å². The van der Waals surface area contributed by atoms with E-state index in [1.54, 1.807) is 11.3 Å². The summed E-state index contributed by atoms with van der Waals surface area (Å²) in [6, 6.07) is 17.0. The molecule has 4 heteroatoms. The number of rotatable bonds is 4. The Hall–Kier alpha value is -1.23. The number of hydrogen-bond acceptors (Lipinski definition) is 3. The Morgan fingerprint density at radius 1 is 1.20 bits per heavy atom. The lowest BCUT2D eigenvalue weighted by molar-refractivity contribution is 0.573. The van der Waals surface area contributed by atoms with Gasteiger partial charge in [-0.15, -0.1) is 11.3 Å².